The summed E-state index contributed by atoms with van der Waals surface area (Å²) >= 11 is 0. The SMILES string of the molecule is CCOC(=O)[C@](C)(C#Cc1cccc(C)c1)C(C)=O. The maximum Gasteiger partial charge on any atom is 0.331 e. The summed E-state index contributed by atoms with van der Waals surface area (Å²) in [6.07, 6.45) is 0. The van der Waals surface area contributed by atoms with Crippen LogP contribution < -0.4 is 0 Å². The Balaban J connectivity index is 3.10. The highest BCUT2D eigenvalue weighted by atomic mass is 16.5. The number of aryl methyl sites for hydroxylation is 1. The molecule has 0 fully saturated rings. The van der Waals surface area contributed by atoms with E-state index in [-0.39, 0.29) is 12.4 Å². The largest absolute Gasteiger partial charge is 0.465 e. The summed E-state index contributed by atoms with van der Waals surface area (Å²) in [5, 5.41) is 0. The lowest BCUT2D eigenvalue weighted by atomic mass is 9.87. The van der Waals surface area contributed by atoms with Crippen LogP contribution in [0.5, 0.6) is 0 Å². The molecule has 0 aromatic heterocycles. The molecule has 0 heterocycles. The zero-order valence-electron chi connectivity index (χ0n) is 11.7. The lowest BCUT2D eigenvalue weighted by Gasteiger charge is -2.17. The summed E-state index contributed by atoms with van der Waals surface area (Å²) in [6.45, 7) is 6.74. The molecular weight excluding hydrogens is 240 g/mol. The van der Waals surface area contributed by atoms with Crippen molar-refractivity contribution in [3.05, 3.63) is 35.4 Å². The molecule has 0 aliphatic carbocycles. The molecule has 0 aliphatic heterocycles. The molecule has 0 aliphatic rings. The molecule has 0 saturated heterocycles. The van der Waals surface area contributed by atoms with Crippen LogP contribution in [-0.2, 0) is 14.3 Å². The normalized spacial score (nSPS) is 12.8. The highest BCUT2D eigenvalue weighted by Crippen LogP contribution is 2.19. The van der Waals surface area contributed by atoms with Crippen LogP contribution in [0.3, 0.4) is 0 Å². The summed E-state index contributed by atoms with van der Waals surface area (Å²) in [5.74, 6) is 4.72. The fraction of sp³-hybridized carbons (Fsp3) is 0.375. The molecule has 3 heteroatoms. The first kappa shape index (κ1) is 15.0. The third kappa shape index (κ3) is 3.69. The van der Waals surface area contributed by atoms with Crippen molar-refractivity contribution in [2.75, 3.05) is 6.61 Å². The quantitative estimate of drug-likeness (QED) is 0.475. The molecule has 0 unspecified atom stereocenters. The Bertz CT molecular complexity index is 549. The van der Waals surface area contributed by atoms with Gasteiger partial charge in [-0.15, -0.1) is 0 Å². The molecule has 0 N–H and O–H groups in total. The van der Waals surface area contributed by atoms with E-state index in [1.807, 2.05) is 31.2 Å². The Hall–Kier alpha value is -2.08. The van der Waals surface area contributed by atoms with E-state index in [1.165, 1.54) is 13.8 Å². The van der Waals surface area contributed by atoms with Crippen molar-refractivity contribution >= 4 is 11.8 Å². The van der Waals surface area contributed by atoms with Gasteiger partial charge in [0.1, 0.15) is 0 Å². The van der Waals surface area contributed by atoms with Gasteiger partial charge in [-0.25, -0.2) is 4.79 Å². The van der Waals surface area contributed by atoms with Crippen LogP contribution in [0, 0.1) is 24.2 Å². The predicted octanol–water partition coefficient (Wildman–Crippen LogP) is 2.50. The maximum absolute atomic E-state index is 11.8. The van der Waals surface area contributed by atoms with Crippen molar-refractivity contribution in [1.29, 1.82) is 0 Å². The van der Waals surface area contributed by atoms with Crippen LogP contribution in [0.15, 0.2) is 24.3 Å². The minimum Gasteiger partial charge on any atom is -0.465 e. The summed E-state index contributed by atoms with van der Waals surface area (Å²) in [5.41, 5.74) is 0.448. The molecule has 19 heavy (non-hydrogen) atoms. The average molecular weight is 258 g/mol. The smallest absolute Gasteiger partial charge is 0.331 e. The predicted molar refractivity (Wildman–Crippen MR) is 73.5 cm³/mol. The average Bonchev–Trinajstić information content (AvgIpc) is 2.36. The van der Waals surface area contributed by atoms with Crippen molar-refractivity contribution < 1.29 is 14.3 Å². The fourth-order valence-corrected chi connectivity index (χ4v) is 1.48. The highest BCUT2D eigenvalue weighted by Gasteiger charge is 2.38. The van der Waals surface area contributed by atoms with Gasteiger partial charge in [0.15, 0.2) is 11.2 Å². The first-order valence-corrected chi connectivity index (χ1v) is 6.18. The molecule has 3 nitrogen and oxygen atoms in total. The van der Waals surface area contributed by atoms with E-state index in [0.717, 1.165) is 11.1 Å². The Labute approximate surface area is 114 Å². The number of esters is 1. The number of carbonyl (C=O) groups excluding carboxylic acids is 2. The lowest BCUT2D eigenvalue weighted by molar-refractivity contribution is -0.154. The number of Topliss-reactive ketones (excluding diaryl/α,β-unsaturated/α-hetero) is 1. The van der Waals surface area contributed by atoms with Gasteiger partial charge in [-0.3, -0.25) is 4.79 Å². The van der Waals surface area contributed by atoms with Crippen molar-refractivity contribution in [3.63, 3.8) is 0 Å². The molecule has 0 spiro atoms. The Kier molecular flexibility index (Phi) is 4.88. The van der Waals surface area contributed by atoms with Gasteiger partial charge in [-0.1, -0.05) is 24.0 Å². The van der Waals surface area contributed by atoms with Crippen LogP contribution >= 0.6 is 0 Å². The molecule has 1 aromatic carbocycles. The molecule has 0 radical (unpaired) electrons. The number of hydrogen-bond donors (Lipinski definition) is 0. The van der Waals surface area contributed by atoms with Gasteiger partial charge in [-0.2, -0.15) is 0 Å². The van der Waals surface area contributed by atoms with Gasteiger partial charge in [0.05, 0.1) is 6.61 Å². The topological polar surface area (TPSA) is 43.4 Å². The van der Waals surface area contributed by atoms with Crippen LogP contribution in [0.4, 0.5) is 0 Å². The van der Waals surface area contributed by atoms with E-state index >= 15 is 0 Å². The second kappa shape index (κ2) is 6.19. The van der Waals surface area contributed by atoms with E-state index in [4.69, 9.17) is 4.74 Å². The van der Waals surface area contributed by atoms with Gasteiger partial charge in [0.2, 0.25) is 0 Å². The Morgan fingerprint density at radius 2 is 2.05 bits per heavy atom. The van der Waals surface area contributed by atoms with Gasteiger partial charge >= 0.3 is 5.97 Å². The van der Waals surface area contributed by atoms with Crippen LogP contribution in [0.1, 0.15) is 31.9 Å². The summed E-state index contributed by atoms with van der Waals surface area (Å²) in [7, 11) is 0. The second-order valence-corrected chi connectivity index (χ2v) is 4.52. The van der Waals surface area contributed by atoms with Gasteiger partial charge in [-0.05, 0) is 45.4 Å². The van der Waals surface area contributed by atoms with Gasteiger partial charge in [0.25, 0.3) is 0 Å². The van der Waals surface area contributed by atoms with Gasteiger partial charge in [0, 0.05) is 5.56 Å². The van der Waals surface area contributed by atoms with Gasteiger partial charge < -0.3 is 4.74 Å². The van der Waals surface area contributed by atoms with Crippen LogP contribution in [0.2, 0.25) is 0 Å². The van der Waals surface area contributed by atoms with Crippen molar-refractivity contribution in [1.82, 2.24) is 0 Å². The number of carbonyl (C=O) groups is 2. The molecule has 1 rings (SSSR count). The number of ether oxygens (including phenoxy) is 1. The third-order valence-electron chi connectivity index (χ3n) is 2.86. The van der Waals surface area contributed by atoms with Crippen molar-refractivity contribution in [3.8, 4) is 11.8 Å². The monoisotopic (exact) mass is 258 g/mol. The molecular formula is C16H18O3. The summed E-state index contributed by atoms with van der Waals surface area (Å²) in [6, 6.07) is 7.58. The molecule has 1 aromatic rings. The minimum atomic E-state index is -1.40. The summed E-state index contributed by atoms with van der Waals surface area (Å²) in [4.78, 5) is 23.5. The van der Waals surface area contributed by atoms with Crippen molar-refractivity contribution in [2.24, 2.45) is 5.41 Å². The fourth-order valence-electron chi connectivity index (χ4n) is 1.48. The maximum atomic E-state index is 11.8. The zero-order valence-corrected chi connectivity index (χ0v) is 11.7. The number of benzene rings is 1. The van der Waals surface area contributed by atoms with E-state index in [1.54, 1.807) is 6.92 Å². The van der Waals surface area contributed by atoms with E-state index in [2.05, 4.69) is 11.8 Å². The van der Waals surface area contributed by atoms with Crippen molar-refractivity contribution in [2.45, 2.75) is 27.7 Å². The van der Waals surface area contributed by atoms with E-state index in [0.29, 0.717) is 0 Å². The van der Waals surface area contributed by atoms with E-state index in [9.17, 15) is 9.59 Å². The molecule has 100 valence electrons. The molecule has 1 atom stereocenters. The number of hydrogen-bond acceptors (Lipinski definition) is 3. The molecule has 0 amide bonds. The Morgan fingerprint density at radius 3 is 2.58 bits per heavy atom. The molecule has 0 bridgehead atoms. The van der Waals surface area contributed by atoms with Crippen LogP contribution in [-0.4, -0.2) is 18.4 Å². The standard InChI is InChI=1S/C16H18O3/c1-5-19-15(18)16(4,13(3)17)10-9-14-8-6-7-12(2)11-14/h6-8,11H,5H2,1-4H3/t16-/m1/s1. The number of ketones is 1. The Morgan fingerprint density at radius 1 is 1.37 bits per heavy atom. The lowest BCUT2D eigenvalue weighted by Crippen LogP contribution is -2.35. The summed E-state index contributed by atoms with van der Waals surface area (Å²) < 4.78 is 4.92. The number of rotatable bonds is 3. The first-order valence-electron chi connectivity index (χ1n) is 6.18. The minimum absolute atomic E-state index is 0.230. The van der Waals surface area contributed by atoms with E-state index < -0.39 is 11.4 Å². The second-order valence-electron chi connectivity index (χ2n) is 4.52. The first-order chi connectivity index (χ1) is 8.90. The third-order valence-corrected chi connectivity index (χ3v) is 2.86. The zero-order chi connectivity index (χ0) is 14.5. The molecule has 0 saturated carbocycles. The van der Waals surface area contributed by atoms with Crippen LogP contribution in [0.25, 0.3) is 0 Å². The highest BCUT2D eigenvalue weighted by molar-refractivity contribution is 6.05.